The molecule has 0 radical (unpaired) electrons. The van der Waals surface area contributed by atoms with E-state index in [0.717, 1.165) is 23.5 Å². The Morgan fingerprint density at radius 2 is 2.27 bits per heavy atom. The number of nitro groups is 1. The molecule has 1 aromatic carbocycles. The van der Waals surface area contributed by atoms with Crippen LogP contribution in [-0.2, 0) is 0 Å². The molecule has 0 aliphatic rings. The van der Waals surface area contributed by atoms with Gasteiger partial charge in [0.25, 0.3) is 0 Å². The third kappa shape index (κ3) is 3.47. The van der Waals surface area contributed by atoms with E-state index in [4.69, 9.17) is 4.74 Å². The van der Waals surface area contributed by atoms with Gasteiger partial charge in [-0.05, 0) is 12.5 Å². The highest BCUT2D eigenvalue weighted by Crippen LogP contribution is 2.27. The van der Waals surface area contributed by atoms with E-state index >= 15 is 0 Å². The first-order chi connectivity index (χ1) is 7.15. The average Bonchev–Trinajstić information content (AvgIpc) is 2.18. The van der Waals surface area contributed by atoms with Crippen molar-refractivity contribution < 1.29 is 14.1 Å². The van der Waals surface area contributed by atoms with Gasteiger partial charge in [0.05, 0.1) is 11.5 Å². The zero-order valence-corrected chi connectivity index (χ0v) is 9.37. The molecule has 0 saturated heterocycles. The minimum Gasteiger partial charge on any atom is -0.487 e. The van der Waals surface area contributed by atoms with Gasteiger partial charge in [-0.25, -0.2) is 4.39 Å². The minimum absolute atomic E-state index is 0.0269. The first-order valence-electron chi connectivity index (χ1n) is 4.28. The topological polar surface area (TPSA) is 52.4 Å². The number of nitro benzene ring substituents is 1. The van der Waals surface area contributed by atoms with Gasteiger partial charge in [0.15, 0.2) is 5.75 Å². The molecule has 0 fully saturated rings. The molecule has 0 unspecified atom stereocenters. The number of alkyl halides is 1. The Kier molecular flexibility index (Phi) is 4.48. The van der Waals surface area contributed by atoms with Crippen molar-refractivity contribution in [3.63, 3.8) is 0 Å². The molecule has 6 heteroatoms. The van der Waals surface area contributed by atoms with Gasteiger partial charge in [-0.15, -0.1) is 0 Å². The summed E-state index contributed by atoms with van der Waals surface area (Å²) in [6.07, 6.45) is 0.702. The van der Waals surface area contributed by atoms with E-state index in [1.165, 1.54) is 0 Å². The van der Waals surface area contributed by atoms with Gasteiger partial charge >= 0.3 is 5.69 Å². The smallest absolute Gasteiger partial charge is 0.311 e. The summed E-state index contributed by atoms with van der Waals surface area (Å²) < 4.78 is 17.9. The maximum Gasteiger partial charge on any atom is 0.311 e. The molecular weight excluding hydrogens is 269 g/mol. The molecular formula is C9H9BrFNO3. The Labute approximate surface area is 94.3 Å². The van der Waals surface area contributed by atoms with Crippen molar-refractivity contribution in [2.75, 3.05) is 11.9 Å². The summed E-state index contributed by atoms with van der Waals surface area (Å²) in [5.74, 6) is -0.574. The third-order valence-corrected chi connectivity index (χ3v) is 2.21. The number of hydrogen-bond acceptors (Lipinski definition) is 3. The zero-order chi connectivity index (χ0) is 11.3. The molecule has 0 spiro atoms. The summed E-state index contributed by atoms with van der Waals surface area (Å²) in [5, 5.41) is 11.3. The van der Waals surface area contributed by atoms with Gasteiger partial charge in [-0.2, -0.15) is 0 Å². The van der Waals surface area contributed by atoms with Crippen molar-refractivity contribution in [3.8, 4) is 5.75 Å². The Morgan fingerprint density at radius 1 is 1.53 bits per heavy atom. The second-order valence-corrected chi connectivity index (χ2v) is 3.55. The van der Waals surface area contributed by atoms with Gasteiger partial charge in [-0.1, -0.05) is 15.9 Å². The summed E-state index contributed by atoms with van der Waals surface area (Å²) in [6, 6.07) is 3.15. The van der Waals surface area contributed by atoms with E-state index in [1.54, 1.807) is 0 Å². The number of nitrogens with zero attached hydrogens (tertiary/aromatic N) is 1. The van der Waals surface area contributed by atoms with Crippen molar-refractivity contribution in [2.45, 2.75) is 6.42 Å². The van der Waals surface area contributed by atoms with Crippen LogP contribution in [0.3, 0.4) is 0 Å². The van der Waals surface area contributed by atoms with Crippen LogP contribution in [0.15, 0.2) is 18.2 Å². The minimum atomic E-state index is -0.594. The normalized spacial score (nSPS) is 10.0. The molecule has 0 saturated carbocycles. The molecule has 0 atom stereocenters. The Balaban J connectivity index is 2.82. The number of rotatable bonds is 5. The van der Waals surface area contributed by atoms with Crippen LogP contribution in [0.25, 0.3) is 0 Å². The lowest BCUT2D eigenvalue weighted by atomic mass is 10.3. The van der Waals surface area contributed by atoms with Crippen LogP contribution in [0, 0.1) is 15.9 Å². The van der Waals surface area contributed by atoms with E-state index in [2.05, 4.69) is 15.9 Å². The van der Waals surface area contributed by atoms with Crippen molar-refractivity contribution >= 4 is 21.6 Å². The van der Waals surface area contributed by atoms with Crippen LogP contribution in [0.4, 0.5) is 10.1 Å². The number of hydrogen-bond donors (Lipinski definition) is 0. The second kappa shape index (κ2) is 5.65. The predicted molar refractivity (Wildman–Crippen MR) is 57.0 cm³/mol. The first kappa shape index (κ1) is 11.9. The second-order valence-electron chi connectivity index (χ2n) is 2.76. The number of halogens is 2. The van der Waals surface area contributed by atoms with Crippen LogP contribution in [0.2, 0.25) is 0 Å². The van der Waals surface area contributed by atoms with Crippen LogP contribution in [0.5, 0.6) is 5.75 Å². The molecule has 1 rings (SSSR count). The molecule has 0 bridgehead atoms. The summed E-state index contributed by atoms with van der Waals surface area (Å²) in [6.45, 7) is 0.315. The van der Waals surface area contributed by atoms with E-state index in [1.807, 2.05) is 0 Å². The summed E-state index contributed by atoms with van der Waals surface area (Å²) in [5.41, 5.74) is -0.217. The van der Waals surface area contributed by atoms with E-state index < -0.39 is 10.7 Å². The molecule has 0 aliphatic heterocycles. The van der Waals surface area contributed by atoms with Crippen molar-refractivity contribution in [1.29, 1.82) is 0 Å². The Hall–Kier alpha value is -1.17. The van der Waals surface area contributed by atoms with Gasteiger partial charge in [0, 0.05) is 17.5 Å². The lowest BCUT2D eigenvalue weighted by Gasteiger charge is -2.05. The SMILES string of the molecule is O=[N+]([O-])c1ccc(F)cc1OCCCBr. The molecule has 82 valence electrons. The fraction of sp³-hybridized carbons (Fsp3) is 0.333. The molecule has 1 aromatic rings. The fourth-order valence-corrected chi connectivity index (χ4v) is 1.22. The van der Waals surface area contributed by atoms with Gasteiger partial charge in [0.2, 0.25) is 0 Å². The van der Waals surface area contributed by atoms with Gasteiger partial charge in [-0.3, -0.25) is 10.1 Å². The number of benzene rings is 1. The highest BCUT2D eigenvalue weighted by molar-refractivity contribution is 9.09. The van der Waals surface area contributed by atoms with Gasteiger partial charge < -0.3 is 4.74 Å². The van der Waals surface area contributed by atoms with Crippen molar-refractivity contribution in [2.24, 2.45) is 0 Å². The monoisotopic (exact) mass is 277 g/mol. The molecule has 0 amide bonds. The van der Waals surface area contributed by atoms with E-state index in [0.29, 0.717) is 13.0 Å². The predicted octanol–water partition coefficient (Wildman–Crippen LogP) is 2.90. The zero-order valence-electron chi connectivity index (χ0n) is 7.78. The molecule has 0 aromatic heterocycles. The summed E-state index contributed by atoms with van der Waals surface area (Å²) in [4.78, 5) is 9.97. The first-order valence-corrected chi connectivity index (χ1v) is 5.40. The van der Waals surface area contributed by atoms with Crippen LogP contribution in [-0.4, -0.2) is 16.9 Å². The maximum atomic E-state index is 12.8. The molecule has 0 N–H and O–H groups in total. The number of ether oxygens (including phenoxy) is 1. The van der Waals surface area contributed by atoms with Crippen molar-refractivity contribution in [3.05, 3.63) is 34.1 Å². The fourth-order valence-electron chi connectivity index (χ4n) is 0.991. The summed E-state index contributed by atoms with van der Waals surface area (Å²) >= 11 is 3.20. The lowest BCUT2D eigenvalue weighted by molar-refractivity contribution is -0.385. The Morgan fingerprint density at radius 3 is 2.87 bits per heavy atom. The molecule has 0 heterocycles. The van der Waals surface area contributed by atoms with Crippen LogP contribution < -0.4 is 4.74 Å². The largest absolute Gasteiger partial charge is 0.487 e. The Bertz CT molecular complexity index is 359. The van der Waals surface area contributed by atoms with Crippen LogP contribution >= 0.6 is 15.9 Å². The van der Waals surface area contributed by atoms with Crippen LogP contribution in [0.1, 0.15) is 6.42 Å². The van der Waals surface area contributed by atoms with E-state index in [9.17, 15) is 14.5 Å². The third-order valence-electron chi connectivity index (χ3n) is 1.65. The standard InChI is InChI=1S/C9H9BrFNO3/c10-4-1-5-15-9-6-7(11)2-3-8(9)12(13)14/h2-3,6H,1,4-5H2. The highest BCUT2D eigenvalue weighted by Gasteiger charge is 2.15. The van der Waals surface area contributed by atoms with Gasteiger partial charge in [0.1, 0.15) is 5.82 Å². The highest BCUT2D eigenvalue weighted by atomic mass is 79.9. The molecule has 15 heavy (non-hydrogen) atoms. The maximum absolute atomic E-state index is 12.8. The lowest BCUT2D eigenvalue weighted by Crippen LogP contribution is -2.01. The van der Waals surface area contributed by atoms with E-state index in [-0.39, 0.29) is 11.4 Å². The quantitative estimate of drug-likeness (QED) is 0.360. The average molecular weight is 278 g/mol. The molecule has 0 aliphatic carbocycles. The summed E-state index contributed by atoms with van der Waals surface area (Å²) in [7, 11) is 0. The van der Waals surface area contributed by atoms with Crippen molar-refractivity contribution in [1.82, 2.24) is 0 Å². The molecule has 4 nitrogen and oxygen atoms in total.